The third-order valence-electron chi connectivity index (χ3n) is 5.04. The van der Waals surface area contributed by atoms with Gasteiger partial charge in [0.05, 0.1) is 0 Å². The molecule has 0 aliphatic heterocycles. The van der Waals surface area contributed by atoms with Crippen LogP contribution in [0.1, 0.15) is 33.1 Å². The predicted molar refractivity (Wildman–Crippen MR) is 42.1 cm³/mol. The number of hydrogen-bond acceptors (Lipinski definition) is 1. The summed E-state index contributed by atoms with van der Waals surface area (Å²) in [6.07, 6.45) is 3.69. The topological polar surface area (TPSA) is 17.1 Å². The van der Waals surface area contributed by atoms with Crippen molar-refractivity contribution in [3.05, 3.63) is 0 Å². The minimum absolute atomic E-state index is 0.0995. The number of carbonyl (C=O) groups excluding carboxylic acids is 1. The van der Waals surface area contributed by atoms with Crippen LogP contribution in [0.2, 0.25) is 0 Å². The predicted octanol–water partition coefficient (Wildman–Crippen LogP) is 2.01. The molecule has 0 spiro atoms. The highest BCUT2D eigenvalue weighted by Gasteiger charge is 2.75. The van der Waals surface area contributed by atoms with E-state index in [0.717, 1.165) is 5.92 Å². The van der Waals surface area contributed by atoms with E-state index in [9.17, 15) is 4.79 Å². The van der Waals surface area contributed by atoms with E-state index in [0.29, 0.717) is 17.1 Å². The minimum atomic E-state index is 0.0995. The summed E-state index contributed by atoms with van der Waals surface area (Å²) in [7, 11) is 0. The van der Waals surface area contributed by atoms with Crippen LogP contribution in [0.25, 0.3) is 0 Å². The Morgan fingerprint density at radius 2 is 2.18 bits per heavy atom. The Balaban J connectivity index is 2.22. The molecule has 0 aromatic rings. The van der Waals surface area contributed by atoms with Gasteiger partial charge in [-0.3, -0.25) is 4.79 Å². The van der Waals surface area contributed by atoms with Crippen molar-refractivity contribution in [3.8, 4) is 0 Å². The van der Waals surface area contributed by atoms with Crippen molar-refractivity contribution in [1.82, 2.24) is 0 Å². The molecule has 0 aromatic heterocycles. The van der Waals surface area contributed by atoms with Gasteiger partial charge >= 0.3 is 0 Å². The summed E-state index contributed by atoms with van der Waals surface area (Å²) >= 11 is 0. The highest BCUT2D eigenvalue weighted by atomic mass is 16.1. The zero-order valence-corrected chi connectivity index (χ0v) is 7.18. The lowest BCUT2D eigenvalue weighted by atomic mass is 9.60. The normalized spacial score (nSPS) is 65.1. The van der Waals surface area contributed by atoms with Gasteiger partial charge in [-0.15, -0.1) is 0 Å². The number of Topliss-reactive ketones (excluding diaryl/α,β-unsaturated/α-hetero) is 1. The minimum Gasteiger partial charge on any atom is -0.299 e. The summed E-state index contributed by atoms with van der Waals surface area (Å²) in [6.45, 7) is 4.52. The summed E-state index contributed by atoms with van der Waals surface area (Å²) in [6, 6.07) is 0. The van der Waals surface area contributed by atoms with Crippen molar-refractivity contribution in [2.24, 2.45) is 22.7 Å². The van der Waals surface area contributed by atoms with Gasteiger partial charge in [0.2, 0.25) is 0 Å². The van der Waals surface area contributed by atoms with Crippen LogP contribution in [0.3, 0.4) is 0 Å². The molecule has 0 heterocycles. The molecule has 4 aliphatic rings. The smallest absolute Gasteiger partial charge is 0.142 e. The zero-order valence-electron chi connectivity index (χ0n) is 7.18. The van der Waals surface area contributed by atoms with Gasteiger partial charge in [-0.2, -0.15) is 0 Å². The lowest BCUT2D eigenvalue weighted by Gasteiger charge is -2.43. The molecule has 0 amide bonds. The molecule has 0 saturated heterocycles. The fourth-order valence-electron chi connectivity index (χ4n) is 4.01. The van der Waals surface area contributed by atoms with Crippen LogP contribution in [0.5, 0.6) is 0 Å². The van der Waals surface area contributed by atoms with Crippen molar-refractivity contribution in [2.45, 2.75) is 33.1 Å². The second-order valence-electron chi connectivity index (χ2n) is 5.07. The molecule has 0 unspecified atom stereocenters. The van der Waals surface area contributed by atoms with Crippen molar-refractivity contribution >= 4 is 5.78 Å². The van der Waals surface area contributed by atoms with Crippen LogP contribution >= 0.6 is 0 Å². The first-order valence-corrected chi connectivity index (χ1v) is 4.64. The molecule has 11 heavy (non-hydrogen) atoms. The molecule has 4 aliphatic carbocycles. The Morgan fingerprint density at radius 3 is 2.55 bits per heavy atom. The SMILES string of the molecule is C[C@@]12CC[C@@H]3[C@H](C[C@@]31C)C2=O. The molecular formula is C10H14O. The average Bonchev–Trinajstić information content (AvgIpc) is 2.27. The molecule has 4 fully saturated rings. The second-order valence-corrected chi connectivity index (χ2v) is 5.07. The third-order valence-corrected chi connectivity index (χ3v) is 5.04. The number of hydrogen-bond donors (Lipinski definition) is 0. The van der Waals surface area contributed by atoms with Crippen LogP contribution in [0.15, 0.2) is 0 Å². The number of rotatable bonds is 0. The Bertz CT molecular complexity index is 258. The molecule has 0 N–H and O–H groups in total. The van der Waals surface area contributed by atoms with Crippen LogP contribution in [0, 0.1) is 22.7 Å². The van der Waals surface area contributed by atoms with Crippen molar-refractivity contribution in [3.63, 3.8) is 0 Å². The summed E-state index contributed by atoms with van der Waals surface area (Å²) in [5, 5.41) is 0. The van der Waals surface area contributed by atoms with Gasteiger partial charge in [0, 0.05) is 11.3 Å². The molecule has 60 valence electrons. The number of ketones is 1. The molecular weight excluding hydrogens is 136 g/mol. The Hall–Kier alpha value is -0.330. The zero-order chi connectivity index (χ0) is 7.85. The lowest BCUT2D eigenvalue weighted by Crippen LogP contribution is -2.38. The van der Waals surface area contributed by atoms with Crippen molar-refractivity contribution in [2.75, 3.05) is 0 Å². The fraction of sp³-hybridized carbons (Fsp3) is 0.900. The molecule has 4 bridgehead atoms. The van der Waals surface area contributed by atoms with Crippen LogP contribution in [-0.4, -0.2) is 5.78 Å². The molecule has 0 aromatic carbocycles. The summed E-state index contributed by atoms with van der Waals surface area (Å²) in [4.78, 5) is 11.7. The average molecular weight is 150 g/mol. The summed E-state index contributed by atoms with van der Waals surface area (Å²) < 4.78 is 0. The van der Waals surface area contributed by atoms with Crippen LogP contribution in [0.4, 0.5) is 0 Å². The summed E-state index contributed by atoms with van der Waals surface area (Å²) in [5.41, 5.74) is 0.525. The maximum atomic E-state index is 11.7. The molecule has 4 rings (SSSR count). The first-order valence-electron chi connectivity index (χ1n) is 4.64. The maximum Gasteiger partial charge on any atom is 0.142 e. The van der Waals surface area contributed by atoms with E-state index in [-0.39, 0.29) is 5.41 Å². The van der Waals surface area contributed by atoms with Crippen LogP contribution in [-0.2, 0) is 4.79 Å². The van der Waals surface area contributed by atoms with E-state index in [1.54, 1.807) is 0 Å². The largest absolute Gasteiger partial charge is 0.299 e. The summed E-state index contributed by atoms with van der Waals surface area (Å²) in [5.74, 6) is 1.86. The van der Waals surface area contributed by atoms with E-state index in [2.05, 4.69) is 13.8 Å². The Labute approximate surface area is 67.2 Å². The van der Waals surface area contributed by atoms with Gasteiger partial charge in [0.1, 0.15) is 5.78 Å². The van der Waals surface area contributed by atoms with E-state index in [1.165, 1.54) is 19.3 Å². The van der Waals surface area contributed by atoms with Crippen LogP contribution < -0.4 is 0 Å². The van der Waals surface area contributed by atoms with E-state index in [1.807, 2.05) is 0 Å². The molecule has 0 radical (unpaired) electrons. The fourth-order valence-corrected chi connectivity index (χ4v) is 4.01. The third kappa shape index (κ3) is 0.361. The molecule has 1 heteroatoms. The monoisotopic (exact) mass is 150 g/mol. The maximum absolute atomic E-state index is 11.7. The van der Waals surface area contributed by atoms with Crippen molar-refractivity contribution in [1.29, 1.82) is 0 Å². The van der Waals surface area contributed by atoms with E-state index < -0.39 is 0 Å². The number of carbonyl (C=O) groups is 1. The van der Waals surface area contributed by atoms with Gasteiger partial charge in [-0.05, 0) is 30.6 Å². The van der Waals surface area contributed by atoms with Gasteiger partial charge in [0.15, 0.2) is 0 Å². The Morgan fingerprint density at radius 1 is 1.45 bits per heavy atom. The van der Waals surface area contributed by atoms with Gasteiger partial charge < -0.3 is 0 Å². The highest BCUT2D eigenvalue weighted by Crippen LogP contribution is 2.76. The lowest BCUT2D eigenvalue weighted by molar-refractivity contribution is -0.128. The van der Waals surface area contributed by atoms with Gasteiger partial charge in [-0.1, -0.05) is 13.8 Å². The standard InChI is InChI=1S/C10H14O/c1-9-4-3-7-6(8(9)11)5-10(7,9)2/h6-7H,3-5H2,1-2H3/t6-,7+,9-,10-/m0/s1. The molecule has 4 saturated carbocycles. The van der Waals surface area contributed by atoms with E-state index >= 15 is 0 Å². The second kappa shape index (κ2) is 1.30. The molecule has 4 atom stereocenters. The quantitative estimate of drug-likeness (QED) is 0.516. The highest BCUT2D eigenvalue weighted by molar-refractivity contribution is 5.94. The van der Waals surface area contributed by atoms with Crippen molar-refractivity contribution < 1.29 is 4.79 Å². The van der Waals surface area contributed by atoms with Gasteiger partial charge in [-0.25, -0.2) is 0 Å². The van der Waals surface area contributed by atoms with E-state index in [4.69, 9.17) is 0 Å². The molecule has 1 nitrogen and oxygen atoms in total. The van der Waals surface area contributed by atoms with Gasteiger partial charge in [0.25, 0.3) is 0 Å². The first-order chi connectivity index (χ1) is 5.09. The Kier molecular flexibility index (Phi) is 0.733. The first kappa shape index (κ1) is 6.22.